The number of halogens is 2. The normalized spacial score (nSPS) is 11.1. The summed E-state index contributed by atoms with van der Waals surface area (Å²) in [4.78, 5) is 9.27. The summed E-state index contributed by atoms with van der Waals surface area (Å²) in [5, 5.41) is 7.50. The van der Waals surface area contributed by atoms with Gasteiger partial charge >= 0.3 is 5.97 Å². The molecule has 7 heavy (non-hydrogen) atoms. The minimum absolute atomic E-state index is 0.329. The van der Waals surface area contributed by atoms with Crippen LogP contribution in [-0.4, -0.2) is 24.7 Å². The number of hydrogen-bond donors (Lipinski definition) is 1. The fourth-order valence-electron chi connectivity index (χ4n) is 0. The molecule has 40 valence electrons. The van der Waals surface area contributed by atoms with Crippen molar-refractivity contribution in [1.82, 2.24) is 0 Å². The van der Waals surface area contributed by atoms with E-state index in [1.54, 1.807) is 0 Å². The Labute approximate surface area is 39.5 Å². The molecule has 0 aromatic heterocycles. The van der Waals surface area contributed by atoms with Crippen molar-refractivity contribution in [3.05, 3.63) is 0 Å². The Bertz CT molecular complexity index is 86.2. The molecular weight excluding hydrogens is 105 g/mol. The van der Waals surface area contributed by atoms with E-state index in [0.29, 0.717) is 7.85 Å². The smallest absolute Gasteiger partial charge is 0.363 e. The van der Waals surface area contributed by atoms with Gasteiger partial charge in [-0.2, -0.15) is 0 Å². The molecular formula is C2H3BF2O2. The number of alkyl halides is 2. The van der Waals surface area contributed by atoms with Crippen LogP contribution in [0.4, 0.5) is 8.78 Å². The summed E-state index contributed by atoms with van der Waals surface area (Å²) in [7, 11) is 0.329. The number of rotatable bonds is 1. The standard InChI is InChI=1S/C2H3BF2O2/c3-2(4,5)1(6)7/h3H2,(H,6,7). The number of aliphatic carboxylic acids is 1. The molecule has 2 nitrogen and oxygen atoms in total. The molecule has 0 aliphatic heterocycles. The highest BCUT2D eigenvalue weighted by molar-refractivity contribution is 6.24. The van der Waals surface area contributed by atoms with Crippen molar-refractivity contribution in [2.75, 3.05) is 0 Å². The van der Waals surface area contributed by atoms with Crippen LogP contribution in [0.15, 0.2) is 0 Å². The van der Waals surface area contributed by atoms with E-state index in [2.05, 4.69) is 0 Å². The lowest BCUT2D eigenvalue weighted by molar-refractivity contribution is -0.153. The Balaban J connectivity index is 3.79. The second-order valence-corrected chi connectivity index (χ2v) is 1.19. The molecule has 0 amide bonds. The third kappa shape index (κ3) is 2.14. The summed E-state index contributed by atoms with van der Waals surface area (Å²) >= 11 is 0. The Morgan fingerprint density at radius 3 is 1.86 bits per heavy atom. The highest BCUT2D eigenvalue weighted by atomic mass is 19.3. The van der Waals surface area contributed by atoms with Crippen LogP contribution in [0, 0.1) is 0 Å². The Morgan fingerprint density at radius 2 is 1.86 bits per heavy atom. The van der Waals surface area contributed by atoms with Crippen molar-refractivity contribution in [2.24, 2.45) is 0 Å². The van der Waals surface area contributed by atoms with Crippen LogP contribution in [0.3, 0.4) is 0 Å². The first-order chi connectivity index (χ1) is 2.94. The van der Waals surface area contributed by atoms with Gasteiger partial charge in [0.25, 0.3) is 5.82 Å². The van der Waals surface area contributed by atoms with E-state index in [1.165, 1.54) is 0 Å². The minimum Gasteiger partial charge on any atom is -0.477 e. The van der Waals surface area contributed by atoms with Gasteiger partial charge < -0.3 is 5.11 Å². The van der Waals surface area contributed by atoms with Crippen molar-refractivity contribution >= 4 is 13.8 Å². The van der Waals surface area contributed by atoms with Crippen LogP contribution >= 0.6 is 0 Å². The molecule has 0 aliphatic rings. The van der Waals surface area contributed by atoms with Crippen molar-refractivity contribution in [2.45, 2.75) is 5.82 Å². The van der Waals surface area contributed by atoms with Crippen LogP contribution in [0.1, 0.15) is 0 Å². The molecule has 0 atom stereocenters. The fraction of sp³-hybridized carbons (Fsp3) is 0.500. The Morgan fingerprint density at radius 1 is 1.71 bits per heavy atom. The lowest BCUT2D eigenvalue weighted by Gasteiger charge is -1.99. The van der Waals surface area contributed by atoms with E-state index in [9.17, 15) is 13.6 Å². The third-order valence-electron chi connectivity index (χ3n) is 0.376. The van der Waals surface area contributed by atoms with Gasteiger partial charge in [-0.25, -0.2) is 13.6 Å². The van der Waals surface area contributed by atoms with Crippen molar-refractivity contribution in [1.29, 1.82) is 0 Å². The zero-order valence-electron chi connectivity index (χ0n) is 3.61. The van der Waals surface area contributed by atoms with Crippen LogP contribution < -0.4 is 0 Å². The van der Waals surface area contributed by atoms with Gasteiger partial charge in [0.1, 0.15) is 0 Å². The topological polar surface area (TPSA) is 37.3 Å². The van der Waals surface area contributed by atoms with E-state index in [1.807, 2.05) is 0 Å². The van der Waals surface area contributed by atoms with Crippen LogP contribution in [0.5, 0.6) is 0 Å². The maximum atomic E-state index is 11.2. The molecule has 0 heterocycles. The van der Waals surface area contributed by atoms with Crippen molar-refractivity contribution in [3.63, 3.8) is 0 Å². The number of carboxylic acid groups (broad SMARTS) is 1. The average molecular weight is 108 g/mol. The summed E-state index contributed by atoms with van der Waals surface area (Å²) in [6, 6.07) is 0. The van der Waals surface area contributed by atoms with Gasteiger partial charge in [0.05, 0.1) is 0 Å². The fourth-order valence-corrected chi connectivity index (χ4v) is 0. The zero-order chi connectivity index (χ0) is 6.08. The van der Waals surface area contributed by atoms with Crippen LogP contribution in [0.2, 0.25) is 0 Å². The molecule has 0 fully saturated rings. The SMILES string of the molecule is BC(F)(F)C(=O)O. The monoisotopic (exact) mass is 108 g/mol. The zero-order valence-corrected chi connectivity index (χ0v) is 3.61. The highest BCUT2D eigenvalue weighted by Crippen LogP contribution is 2.04. The van der Waals surface area contributed by atoms with Crippen molar-refractivity contribution < 1.29 is 18.7 Å². The largest absolute Gasteiger partial charge is 0.477 e. The maximum Gasteiger partial charge on any atom is 0.363 e. The molecule has 0 aromatic carbocycles. The first-order valence-electron chi connectivity index (χ1n) is 1.56. The van der Waals surface area contributed by atoms with E-state index < -0.39 is 11.8 Å². The van der Waals surface area contributed by atoms with Gasteiger partial charge in [-0.15, -0.1) is 0 Å². The summed E-state index contributed by atoms with van der Waals surface area (Å²) in [6.07, 6.45) is 0. The Kier molecular flexibility index (Phi) is 1.35. The lowest BCUT2D eigenvalue weighted by Crippen LogP contribution is -2.27. The van der Waals surface area contributed by atoms with Gasteiger partial charge in [-0.3, -0.25) is 0 Å². The first kappa shape index (κ1) is 6.39. The van der Waals surface area contributed by atoms with E-state index in [0.717, 1.165) is 0 Å². The molecule has 0 rings (SSSR count). The van der Waals surface area contributed by atoms with Gasteiger partial charge in [-0.1, -0.05) is 0 Å². The molecule has 0 spiro atoms. The number of carboxylic acids is 1. The van der Waals surface area contributed by atoms with Gasteiger partial charge in [0.2, 0.25) is 7.85 Å². The molecule has 0 unspecified atom stereocenters. The molecule has 5 heteroatoms. The predicted octanol–water partition coefficient (Wildman–Crippen LogP) is -0.703. The average Bonchev–Trinajstić information content (AvgIpc) is 1.31. The highest BCUT2D eigenvalue weighted by Gasteiger charge is 2.30. The molecule has 0 saturated heterocycles. The summed E-state index contributed by atoms with van der Waals surface area (Å²) in [5.74, 6) is -5.67. The predicted molar refractivity (Wildman–Crippen MR) is 21.1 cm³/mol. The van der Waals surface area contributed by atoms with Gasteiger partial charge in [-0.05, 0) is 0 Å². The van der Waals surface area contributed by atoms with E-state index >= 15 is 0 Å². The number of hydrogen-bond acceptors (Lipinski definition) is 1. The Hall–Kier alpha value is -0.605. The van der Waals surface area contributed by atoms with Crippen molar-refractivity contribution in [3.8, 4) is 0 Å². The maximum absolute atomic E-state index is 11.2. The molecule has 0 radical (unpaired) electrons. The minimum atomic E-state index is -3.58. The molecule has 0 aliphatic carbocycles. The van der Waals surface area contributed by atoms with Crippen LogP contribution in [-0.2, 0) is 4.79 Å². The molecule has 0 aromatic rings. The van der Waals surface area contributed by atoms with E-state index in [-0.39, 0.29) is 0 Å². The number of carbonyl (C=O) groups is 1. The van der Waals surface area contributed by atoms with E-state index in [4.69, 9.17) is 5.11 Å². The third-order valence-corrected chi connectivity index (χ3v) is 0.376. The summed E-state index contributed by atoms with van der Waals surface area (Å²) < 4.78 is 22.5. The van der Waals surface area contributed by atoms with Gasteiger partial charge in [0.15, 0.2) is 0 Å². The second kappa shape index (κ2) is 1.48. The molecule has 0 bridgehead atoms. The summed E-state index contributed by atoms with van der Waals surface area (Å²) in [6.45, 7) is 0. The summed E-state index contributed by atoms with van der Waals surface area (Å²) in [5.41, 5.74) is 0. The molecule has 0 saturated carbocycles. The first-order valence-corrected chi connectivity index (χ1v) is 1.56. The quantitative estimate of drug-likeness (QED) is 0.450. The van der Waals surface area contributed by atoms with Crippen LogP contribution in [0.25, 0.3) is 0 Å². The second-order valence-electron chi connectivity index (χ2n) is 1.19. The lowest BCUT2D eigenvalue weighted by atomic mass is 10.00. The van der Waals surface area contributed by atoms with Gasteiger partial charge in [0, 0.05) is 0 Å². The molecule has 1 N–H and O–H groups in total.